The minimum atomic E-state index is -0.0627. The maximum atomic E-state index is 12.2. The van der Waals surface area contributed by atoms with Gasteiger partial charge in [-0.05, 0) is 44.5 Å². The van der Waals surface area contributed by atoms with Crippen molar-refractivity contribution in [1.29, 1.82) is 0 Å². The molecule has 0 radical (unpaired) electrons. The number of hydrogen-bond donors (Lipinski definition) is 1. The van der Waals surface area contributed by atoms with Crippen LogP contribution >= 0.6 is 11.6 Å². The van der Waals surface area contributed by atoms with Crippen LogP contribution in [0.15, 0.2) is 29.1 Å². The summed E-state index contributed by atoms with van der Waals surface area (Å²) in [6.45, 7) is 5.64. The maximum Gasteiger partial charge on any atom is 0.256 e. The summed E-state index contributed by atoms with van der Waals surface area (Å²) in [4.78, 5) is 17.7. The van der Waals surface area contributed by atoms with E-state index < -0.39 is 0 Å². The van der Waals surface area contributed by atoms with Crippen molar-refractivity contribution in [3.63, 3.8) is 0 Å². The van der Waals surface area contributed by atoms with E-state index in [2.05, 4.69) is 9.88 Å². The molecular formula is C18H23ClN2O2. The summed E-state index contributed by atoms with van der Waals surface area (Å²) in [5.74, 6) is 0. The third-order valence-electron chi connectivity index (χ3n) is 4.57. The number of aromatic nitrogens is 1. The Morgan fingerprint density at radius 2 is 2.26 bits per heavy atom. The van der Waals surface area contributed by atoms with Crippen LogP contribution in [-0.2, 0) is 11.2 Å². The van der Waals surface area contributed by atoms with Gasteiger partial charge in [0.15, 0.2) is 0 Å². The molecule has 2 heterocycles. The first-order chi connectivity index (χ1) is 11.2. The van der Waals surface area contributed by atoms with Crippen LogP contribution in [-0.4, -0.2) is 42.2 Å². The van der Waals surface area contributed by atoms with Crippen molar-refractivity contribution in [3.05, 3.63) is 45.3 Å². The SMILES string of the molecule is CCOCC1CCCN1CCc1cc2c(Cl)cccc2c(=O)[nH]1. The summed E-state index contributed by atoms with van der Waals surface area (Å²) >= 11 is 6.23. The third-order valence-corrected chi connectivity index (χ3v) is 4.90. The molecule has 2 aromatic rings. The molecule has 0 aliphatic carbocycles. The van der Waals surface area contributed by atoms with Crippen molar-refractivity contribution >= 4 is 22.4 Å². The van der Waals surface area contributed by atoms with E-state index in [0.29, 0.717) is 16.5 Å². The van der Waals surface area contributed by atoms with Crippen molar-refractivity contribution < 1.29 is 4.74 Å². The molecule has 1 saturated heterocycles. The molecule has 0 amide bonds. The fourth-order valence-corrected chi connectivity index (χ4v) is 3.57. The largest absolute Gasteiger partial charge is 0.380 e. The molecule has 0 spiro atoms. The molecule has 3 rings (SSSR count). The van der Waals surface area contributed by atoms with Crippen molar-refractivity contribution in [2.45, 2.75) is 32.2 Å². The van der Waals surface area contributed by atoms with Gasteiger partial charge in [-0.3, -0.25) is 9.69 Å². The highest BCUT2D eigenvalue weighted by atomic mass is 35.5. The molecule has 1 atom stereocenters. The summed E-state index contributed by atoms with van der Waals surface area (Å²) in [5, 5.41) is 2.11. The molecule has 4 nitrogen and oxygen atoms in total. The molecule has 0 bridgehead atoms. The van der Waals surface area contributed by atoms with Crippen molar-refractivity contribution in [3.8, 4) is 0 Å². The predicted octanol–water partition coefficient (Wildman–Crippen LogP) is 3.22. The first kappa shape index (κ1) is 16.5. The van der Waals surface area contributed by atoms with Crippen molar-refractivity contribution in [1.82, 2.24) is 9.88 Å². The van der Waals surface area contributed by atoms with Crippen LogP contribution in [0.25, 0.3) is 10.8 Å². The predicted molar refractivity (Wildman–Crippen MR) is 94.4 cm³/mol. The molecule has 0 saturated carbocycles. The lowest BCUT2D eigenvalue weighted by molar-refractivity contribution is 0.0856. The quantitative estimate of drug-likeness (QED) is 0.882. The molecule has 5 heteroatoms. The average Bonchev–Trinajstić information content (AvgIpc) is 2.99. The normalized spacial score (nSPS) is 18.8. The van der Waals surface area contributed by atoms with Crippen LogP contribution in [0.3, 0.4) is 0 Å². The number of ether oxygens (including phenoxy) is 1. The lowest BCUT2D eigenvalue weighted by atomic mass is 10.1. The van der Waals surface area contributed by atoms with Gasteiger partial charge >= 0.3 is 0 Å². The Kier molecular flexibility index (Phi) is 5.36. The van der Waals surface area contributed by atoms with E-state index in [1.54, 1.807) is 0 Å². The first-order valence-electron chi connectivity index (χ1n) is 8.31. The highest BCUT2D eigenvalue weighted by Crippen LogP contribution is 2.22. The average molecular weight is 335 g/mol. The van der Waals surface area contributed by atoms with Gasteiger partial charge in [-0.25, -0.2) is 0 Å². The molecule has 1 N–H and O–H groups in total. The first-order valence-corrected chi connectivity index (χ1v) is 8.69. The lowest BCUT2D eigenvalue weighted by Gasteiger charge is -2.24. The Labute approximate surface area is 141 Å². The number of benzene rings is 1. The van der Waals surface area contributed by atoms with Crippen LogP contribution in [0.5, 0.6) is 0 Å². The fourth-order valence-electron chi connectivity index (χ4n) is 3.34. The smallest absolute Gasteiger partial charge is 0.256 e. The number of nitrogens with zero attached hydrogens (tertiary/aromatic N) is 1. The molecule has 1 unspecified atom stereocenters. The monoisotopic (exact) mass is 334 g/mol. The summed E-state index contributed by atoms with van der Waals surface area (Å²) in [6, 6.07) is 7.95. The van der Waals surface area contributed by atoms with Crippen LogP contribution in [0.4, 0.5) is 0 Å². The third kappa shape index (κ3) is 3.77. The molecule has 124 valence electrons. The van der Waals surface area contributed by atoms with Gasteiger partial charge in [0.25, 0.3) is 5.56 Å². The zero-order valence-electron chi connectivity index (χ0n) is 13.5. The highest BCUT2D eigenvalue weighted by molar-refractivity contribution is 6.35. The standard InChI is InChI=1S/C18H23ClN2O2/c1-2-23-12-14-5-4-9-21(14)10-8-13-11-16-15(18(22)20-13)6-3-7-17(16)19/h3,6-7,11,14H,2,4-5,8-10,12H2,1H3,(H,20,22). The number of nitrogens with one attached hydrogen (secondary N) is 1. The number of halogens is 1. The van der Waals surface area contributed by atoms with E-state index in [4.69, 9.17) is 16.3 Å². The molecule has 1 aliphatic rings. The summed E-state index contributed by atoms with van der Waals surface area (Å²) in [5.41, 5.74) is 0.880. The van der Waals surface area contributed by atoms with Gasteiger partial charge in [0.1, 0.15) is 0 Å². The second-order valence-electron chi connectivity index (χ2n) is 6.07. The van der Waals surface area contributed by atoms with Crippen LogP contribution in [0.1, 0.15) is 25.5 Å². The molecule has 23 heavy (non-hydrogen) atoms. The van der Waals surface area contributed by atoms with Gasteiger partial charge in [-0.2, -0.15) is 0 Å². The number of hydrogen-bond acceptors (Lipinski definition) is 3. The molecular weight excluding hydrogens is 312 g/mol. The maximum absolute atomic E-state index is 12.2. The van der Waals surface area contributed by atoms with Gasteiger partial charge in [-0.15, -0.1) is 0 Å². The zero-order valence-corrected chi connectivity index (χ0v) is 14.2. The Bertz CT molecular complexity index is 729. The lowest BCUT2D eigenvalue weighted by Crippen LogP contribution is -2.35. The van der Waals surface area contributed by atoms with E-state index in [9.17, 15) is 4.79 Å². The van der Waals surface area contributed by atoms with Crippen molar-refractivity contribution in [2.24, 2.45) is 0 Å². The summed E-state index contributed by atoms with van der Waals surface area (Å²) < 4.78 is 5.58. The van der Waals surface area contributed by atoms with E-state index in [0.717, 1.165) is 43.8 Å². The minimum absolute atomic E-state index is 0.0627. The van der Waals surface area contributed by atoms with Gasteiger partial charge in [0.05, 0.1) is 6.61 Å². The number of aromatic amines is 1. The second kappa shape index (κ2) is 7.47. The number of fused-ring (bicyclic) bond motifs is 1. The Morgan fingerprint density at radius 1 is 1.39 bits per heavy atom. The molecule has 1 aromatic heterocycles. The Morgan fingerprint density at radius 3 is 3.09 bits per heavy atom. The van der Waals surface area contributed by atoms with Crippen LogP contribution in [0, 0.1) is 0 Å². The van der Waals surface area contributed by atoms with Crippen molar-refractivity contribution in [2.75, 3.05) is 26.3 Å². The van der Waals surface area contributed by atoms with Gasteiger partial charge in [0.2, 0.25) is 0 Å². The number of rotatable bonds is 6. The second-order valence-corrected chi connectivity index (χ2v) is 6.47. The minimum Gasteiger partial charge on any atom is -0.380 e. The molecule has 1 fully saturated rings. The van der Waals surface area contributed by atoms with Crippen LogP contribution < -0.4 is 5.56 Å². The van der Waals surface area contributed by atoms with Gasteiger partial charge < -0.3 is 9.72 Å². The molecule has 1 aromatic carbocycles. The Hall–Kier alpha value is -1.36. The topological polar surface area (TPSA) is 45.3 Å². The summed E-state index contributed by atoms with van der Waals surface area (Å²) in [6.07, 6.45) is 3.23. The van der Waals surface area contributed by atoms with Gasteiger partial charge in [-0.1, -0.05) is 17.7 Å². The van der Waals surface area contributed by atoms with E-state index in [1.165, 1.54) is 12.8 Å². The van der Waals surface area contributed by atoms with Gasteiger partial charge in [0, 0.05) is 47.1 Å². The number of pyridine rings is 1. The van der Waals surface area contributed by atoms with E-state index in [1.807, 2.05) is 31.2 Å². The number of H-pyrrole nitrogens is 1. The number of likely N-dealkylation sites (tertiary alicyclic amines) is 1. The summed E-state index contributed by atoms with van der Waals surface area (Å²) in [7, 11) is 0. The fraction of sp³-hybridized carbons (Fsp3) is 0.500. The Balaban J connectivity index is 1.72. The van der Waals surface area contributed by atoms with E-state index in [-0.39, 0.29) is 5.56 Å². The van der Waals surface area contributed by atoms with E-state index >= 15 is 0 Å². The molecule has 1 aliphatic heterocycles. The van der Waals surface area contributed by atoms with Crippen LogP contribution in [0.2, 0.25) is 5.02 Å². The highest BCUT2D eigenvalue weighted by Gasteiger charge is 2.24. The zero-order chi connectivity index (χ0) is 16.2.